The standard InChI is InChI=1S/C13H15F3N4O3/c1-8-2-3-10(23-8)12(22,13(14,15)16)4-5-17-11(21)20-9-6-18-19-7-9/h2-3,6-7,22H,4-5H2,1H3,(H,18,19)(H2,17,20,21). The zero-order valence-corrected chi connectivity index (χ0v) is 12.1. The molecule has 7 nitrogen and oxygen atoms in total. The van der Waals surface area contributed by atoms with Crippen LogP contribution in [0.3, 0.4) is 0 Å². The molecule has 23 heavy (non-hydrogen) atoms. The van der Waals surface area contributed by atoms with Gasteiger partial charge in [0, 0.05) is 19.2 Å². The molecule has 0 aliphatic rings. The lowest BCUT2D eigenvalue weighted by Gasteiger charge is -2.28. The number of carbonyl (C=O) groups is 1. The van der Waals surface area contributed by atoms with Crippen LogP contribution >= 0.6 is 0 Å². The van der Waals surface area contributed by atoms with Gasteiger partial charge in [-0.3, -0.25) is 5.10 Å². The number of H-pyrrole nitrogens is 1. The first-order chi connectivity index (χ1) is 10.7. The Bertz CT molecular complexity index is 654. The molecule has 0 aliphatic carbocycles. The molecule has 2 aromatic rings. The molecule has 0 radical (unpaired) electrons. The summed E-state index contributed by atoms with van der Waals surface area (Å²) in [5.74, 6) is -0.368. The van der Waals surface area contributed by atoms with E-state index in [0.29, 0.717) is 5.69 Å². The van der Waals surface area contributed by atoms with Gasteiger partial charge < -0.3 is 20.2 Å². The Morgan fingerprint density at radius 2 is 2.17 bits per heavy atom. The molecular formula is C13H15F3N4O3. The number of aliphatic hydroxyl groups is 1. The van der Waals surface area contributed by atoms with Crippen LogP contribution in [-0.4, -0.2) is 34.1 Å². The summed E-state index contributed by atoms with van der Waals surface area (Å²) in [5, 5.41) is 20.7. The second-order valence-corrected chi connectivity index (χ2v) is 4.89. The van der Waals surface area contributed by atoms with Crippen LogP contribution in [0.4, 0.5) is 23.7 Å². The zero-order valence-electron chi connectivity index (χ0n) is 12.1. The van der Waals surface area contributed by atoms with Crippen molar-refractivity contribution in [1.29, 1.82) is 0 Å². The number of rotatable bonds is 5. The number of aromatic nitrogens is 2. The molecule has 0 saturated heterocycles. The van der Waals surface area contributed by atoms with E-state index >= 15 is 0 Å². The molecule has 4 N–H and O–H groups in total. The average molecular weight is 332 g/mol. The summed E-state index contributed by atoms with van der Waals surface area (Å²) in [6, 6.07) is 1.67. The van der Waals surface area contributed by atoms with Crippen molar-refractivity contribution in [3.8, 4) is 0 Å². The Kier molecular flexibility index (Phi) is 4.64. The molecule has 0 aliphatic heterocycles. The predicted octanol–water partition coefficient (Wildman–Crippen LogP) is 2.27. The highest BCUT2D eigenvalue weighted by molar-refractivity contribution is 5.88. The summed E-state index contributed by atoms with van der Waals surface area (Å²) in [5.41, 5.74) is -2.82. The van der Waals surface area contributed by atoms with E-state index in [1.54, 1.807) is 0 Å². The Morgan fingerprint density at radius 1 is 1.43 bits per heavy atom. The molecule has 1 atom stereocenters. The molecule has 2 amide bonds. The normalized spacial score (nSPS) is 14.3. The number of nitrogens with one attached hydrogen (secondary N) is 3. The number of amides is 2. The first-order valence-electron chi connectivity index (χ1n) is 6.62. The summed E-state index contributed by atoms with van der Waals surface area (Å²) >= 11 is 0. The first-order valence-corrected chi connectivity index (χ1v) is 6.62. The molecule has 2 rings (SSSR count). The van der Waals surface area contributed by atoms with Crippen LogP contribution in [0.2, 0.25) is 0 Å². The van der Waals surface area contributed by atoms with E-state index in [2.05, 4.69) is 20.8 Å². The van der Waals surface area contributed by atoms with E-state index in [-0.39, 0.29) is 5.76 Å². The number of anilines is 1. The van der Waals surface area contributed by atoms with Gasteiger partial charge in [0.25, 0.3) is 0 Å². The third-order valence-electron chi connectivity index (χ3n) is 3.15. The lowest BCUT2D eigenvalue weighted by atomic mass is 9.96. The van der Waals surface area contributed by atoms with E-state index in [9.17, 15) is 23.1 Å². The fourth-order valence-electron chi connectivity index (χ4n) is 1.91. The predicted molar refractivity (Wildman–Crippen MR) is 73.6 cm³/mol. The number of hydrogen-bond acceptors (Lipinski definition) is 4. The third-order valence-corrected chi connectivity index (χ3v) is 3.15. The van der Waals surface area contributed by atoms with Crippen molar-refractivity contribution >= 4 is 11.7 Å². The van der Waals surface area contributed by atoms with Crippen LogP contribution in [0.1, 0.15) is 17.9 Å². The Labute approximate surface area is 128 Å². The molecule has 0 bridgehead atoms. The van der Waals surface area contributed by atoms with Gasteiger partial charge in [-0.15, -0.1) is 0 Å². The number of aryl methyl sites for hydroxylation is 1. The third kappa shape index (κ3) is 3.83. The van der Waals surface area contributed by atoms with Gasteiger partial charge in [0.1, 0.15) is 11.5 Å². The Morgan fingerprint density at radius 3 is 2.70 bits per heavy atom. The Hall–Kier alpha value is -2.49. The molecule has 2 heterocycles. The number of urea groups is 1. The van der Waals surface area contributed by atoms with E-state index in [1.807, 2.05) is 0 Å². The number of nitrogens with zero attached hydrogens (tertiary/aromatic N) is 1. The van der Waals surface area contributed by atoms with Crippen molar-refractivity contribution in [2.75, 3.05) is 11.9 Å². The lowest BCUT2D eigenvalue weighted by Crippen LogP contribution is -2.45. The SMILES string of the molecule is Cc1ccc(C(O)(CCNC(=O)Nc2cn[nH]c2)C(F)(F)F)o1. The molecule has 0 saturated carbocycles. The number of furan rings is 1. The van der Waals surface area contributed by atoms with Crippen molar-refractivity contribution in [3.63, 3.8) is 0 Å². The highest BCUT2D eigenvalue weighted by atomic mass is 19.4. The van der Waals surface area contributed by atoms with Crippen LogP contribution in [0.15, 0.2) is 28.9 Å². The second kappa shape index (κ2) is 6.32. The van der Waals surface area contributed by atoms with Crippen molar-refractivity contribution in [3.05, 3.63) is 36.0 Å². The minimum atomic E-state index is -4.94. The van der Waals surface area contributed by atoms with E-state index in [0.717, 1.165) is 6.07 Å². The summed E-state index contributed by atoms with van der Waals surface area (Å²) in [6.45, 7) is 1.05. The van der Waals surface area contributed by atoms with Gasteiger partial charge >= 0.3 is 12.2 Å². The molecule has 0 fully saturated rings. The summed E-state index contributed by atoms with van der Waals surface area (Å²) in [6.07, 6.45) is -3.00. The summed E-state index contributed by atoms with van der Waals surface area (Å²) in [7, 11) is 0. The quantitative estimate of drug-likeness (QED) is 0.674. The maximum Gasteiger partial charge on any atom is 0.424 e. The molecular weight excluding hydrogens is 317 g/mol. The number of alkyl halides is 3. The second-order valence-electron chi connectivity index (χ2n) is 4.89. The van der Waals surface area contributed by atoms with Gasteiger partial charge in [-0.1, -0.05) is 0 Å². The Balaban J connectivity index is 1.98. The van der Waals surface area contributed by atoms with Crippen LogP contribution in [0.5, 0.6) is 0 Å². The maximum absolute atomic E-state index is 13.2. The van der Waals surface area contributed by atoms with Gasteiger partial charge in [0.2, 0.25) is 5.60 Å². The minimum absolute atomic E-state index is 0.244. The molecule has 1 unspecified atom stereocenters. The summed E-state index contributed by atoms with van der Waals surface area (Å²) < 4.78 is 44.4. The molecule has 2 aromatic heterocycles. The van der Waals surface area contributed by atoms with E-state index < -0.39 is 36.5 Å². The lowest BCUT2D eigenvalue weighted by molar-refractivity contribution is -0.274. The fourth-order valence-corrected chi connectivity index (χ4v) is 1.91. The largest absolute Gasteiger partial charge is 0.463 e. The van der Waals surface area contributed by atoms with Crippen molar-refractivity contribution in [1.82, 2.24) is 15.5 Å². The molecule has 0 spiro atoms. The molecule has 0 aromatic carbocycles. The monoisotopic (exact) mass is 332 g/mol. The smallest absolute Gasteiger partial charge is 0.424 e. The number of carbonyl (C=O) groups excluding carboxylic acids is 1. The fraction of sp³-hybridized carbons (Fsp3) is 0.385. The van der Waals surface area contributed by atoms with Crippen LogP contribution in [-0.2, 0) is 5.60 Å². The van der Waals surface area contributed by atoms with Gasteiger partial charge in [0.05, 0.1) is 11.9 Å². The maximum atomic E-state index is 13.2. The molecule has 10 heteroatoms. The number of halogens is 3. The van der Waals surface area contributed by atoms with E-state index in [4.69, 9.17) is 4.42 Å². The van der Waals surface area contributed by atoms with Crippen molar-refractivity contribution in [2.24, 2.45) is 0 Å². The van der Waals surface area contributed by atoms with Gasteiger partial charge in [-0.25, -0.2) is 4.79 Å². The van der Waals surface area contributed by atoms with Crippen LogP contribution < -0.4 is 10.6 Å². The van der Waals surface area contributed by atoms with Crippen LogP contribution in [0, 0.1) is 6.92 Å². The van der Waals surface area contributed by atoms with Gasteiger partial charge in [-0.05, 0) is 19.1 Å². The summed E-state index contributed by atoms with van der Waals surface area (Å²) in [4.78, 5) is 11.5. The van der Waals surface area contributed by atoms with Gasteiger partial charge in [0.15, 0.2) is 0 Å². The highest BCUT2D eigenvalue weighted by Gasteiger charge is 2.56. The topological polar surface area (TPSA) is 103 Å². The average Bonchev–Trinajstić information content (AvgIpc) is 3.09. The number of hydrogen-bond donors (Lipinski definition) is 4. The first kappa shape index (κ1) is 16.9. The van der Waals surface area contributed by atoms with Crippen LogP contribution in [0.25, 0.3) is 0 Å². The van der Waals surface area contributed by atoms with Crippen molar-refractivity contribution in [2.45, 2.75) is 25.1 Å². The van der Waals surface area contributed by atoms with E-state index in [1.165, 1.54) is 25.4 Å². The van der Waals surface area contributed by atoms with Crippen molar-refractivity contribution < 1.29 is 27.5 Å². The highest BCUT2D eigenvalue weighted by Crippen LogP contribution is 2.41. The zero-order chi connectivity index (χ0) is 17.1. The minimum Gasteiger partial charge on any atom is -0.463 e. The van der Waals surface area contributed by atoms with Gasteiger partial charge in [-0.2, -0.15) is 18.3 Å². The number of aromatic amines is 1. The molecule has 126 valence electrons.